The van der Waals surface area contributed by atoms with E-state index < -0.39 is 0 Å². The maximum atomic E-state index is 13.5. The van der Waals surface area contributed by atoms with Crippen LogP contribution in [0, 0.1) is 12.7 Å². The summed E-state index contributed by atoms with van der Waals surface area (Å²) >= 11 is 0. The molecule has 0 spiro atoms. The highest BCUT2D eigenvalue weighted by Crippen LogP contribution is 2.17. The molecule has 6 heteroatoms. The molecular weight excluding hydrogens is 297 g/mol. The van der Waals surface area contributed by atoms with E-state index in [2.05, 4.69) is 10.3 Å². The molecule has 0 aliphatic rings. The van der Waals surface area contributed by atoms with Crippen molar-refractivity contribution in [3.63, 3.8) is 0 Å². The van der Waals surface area contributed by atoms with Gasteiger partial charge in [0, 0.05) is 5.69 Å². The molecule has 0 saturated heterocycles. The van der Waals surface area contributed by atoms with Crippen molar-refractivity contribution in [2.75, 3.05) is 5.32 Å². The molecule has 1 heterocycles. The van der Waals surface area contributed by atoms with E-state index in [-0.39, 0.29) is 24.9 Å². The van der Waals surface area contributed by atoms with Crippen molar-refractivity contribution in [3.05, 3.63) is 59.7 Å². The van der Waals surface area contributed by atoms with Crippen LogP contribution < -0.4 is 5.32 Å². The minimum atomic E-state index is -0.369. The normalized spacial score (nSPS) is 10.9. The number of fused-ring (bicyclic) bond motifs is 1. The van der Waals surface area contributed by atoms with E-state index >= 15 is 0 Å². The molecule has 0 atom stereocenters. The number of aliphatic hydroxyl groups excluding tert-OH is 1. The summed E-state index contributed by atoms with van der Waals surface area (Å²) in [5.74, 6) is -0.269. The summed E-state index contributed by atoms with van der Waals surface area (Å²) in [6.45, 7) is 1.39. The molecule has 0 aliphatic carbocycles. The van der Waals surface area contributed by atoms with Crippen molar-refractivity contribution in [2.24, 2.45) is 0 Å². The van der Waals surface area contributed by atoms with Crippen LogP contribution in [0.5, 0.6) is 0 Å². The Labute approximate surface area is 132 Å². The molecule has 2 aromatic carbocycles. The highest BCUT2D eigenvalue weighted by atomic mass is 19.1. The molecule has 0 aliphatic heterocycles. The molecule has 3 rings (SSSR count). The zero-order valence-electron chi connectivity index (χ0n) is 12.6. The molecule has 1 aromatic heterocycles. The Hall–Kier alpha value is -2.73. The lowest BCUT2D eigenvalue weighted by Crippen LogP contribution is -2.20. The van der Waals surface area contributed by atoms with Crippen LogP contribution in [-0.2, 0) is 17.9 Å². The molecule has 1 amide bonds. The van der Waals surface area contributed by atoms with Crippen molar-refractivity contribution in [1.29, 1.82) is 0 Å². The second kappa shape index (κ2) is 6.18. The first-order valence-corrected chi connectivity index (χ1v) is 7.19. The van der Waals surface area contributed by atoms with Gasteiger partial charge in [0.05, 0.1) is 11.0 Å². The first-order chi connectivity index (χ1) is 11.1. The van der Waals surface area contributed by atoms with Gasteiger partial charge >= 0.3 is 0 Å². The van der Waals surface area contributed by atoms with Crippen LogP contribution in [0.2, 0.25) is 0 Å². The zero-order chi connectivity index (χ0) is 16.4. The number of carbonyl (C=O) groups is 1. The van der Waals surface area contributed by atoms with Crippen molar-refractivity contribution in [3.8, 4) is 0 Å². The van der Waals surface area contributed by atoms with Crippen molar-refractivity contribution < 1.29 is 14.3 Å². The van der Waals surface area contributed by atoms with Crippen LogP contribution in [0.15, 0.2) is 42.5 Å². The SMILES string of the molecule is Cc1ccc(NC(=O)Cn2c(CO)nc3ccccc32)cc1F. The molecule has 3 aromatic rings. The minimum absolute atomic E-state index is 0.00803. The first-order valence-electron chi connectivity index (χ1n) is 7.19. The number of nitrogens with one attached hydrogen (secondary N) is 1. The van der Waals surface area contributed by atoms with E-state index in [9.17, 15) is 14.3 Å². The summed E-state index contributed by atoms with van der Waals surface area (Å²) < 4.78 is 15.2. The lowest BCUT2D eigenvalue weighted by molar-refractivity contribution is -0.116. The van der Waals surface area contributed by atoms with Crippen LogP contribution in [-0.4, -0.2) is 20.6 Å². The maximum absolute atomic E-state index is 13.5. The van der Waals surface area contributed by atoms with Crippen molar-refractivity contribution >= 4 is 22.6 Å². The van der Waals surface area contributed by atoms with E-state index in [0.29, 0.717) is 22.6 Å². The average Bonchev–Trinajstić information content (AvgIpc) is 2.89. The number of aliphatic hydroxyl groups is 1. The van der Waals surface area contributed by atoms with Crippen LogP contribution >= 0.6 is 0 Å². The third-order valence-electron chi connectivity index (χ3n) is 3.63. The molecule has 0 fully saturated rings. The number of hydrogen-bond acceptors (Lipinski definition) is 3. The summed E-state index contributed by atoms with van der Waals surface area (Å²) in [6.07, 6.45) is 0. The molecular formula is C17H16FN3O2. The minimum Gasteiger partial charge on any atom is -0.388 e. The van der Waals surface area contributed by atoms with Gasteiger partial charge < -0.3 is 15.0 Å². The van der Waals surface area contributed by atoms with Crippen molar-refractivity contribution in [2.45, 2.75) is 20.1 Å². The van der Waals surface area contributed by atoms with Gasteiger partial charge in [-0.2, -0.15) is 0 Å². The van der Waals surface area contributed by atoms with Gasteiger partial charge in [0.25, 0.3) is 0 Å². The number of nitrogens with zero attached hydrogens (tertiary/aromatic N) is 2. The fourth-order valence-corrected chi connectivity index (χ4v) is 2.44. The third-order valence-corrected chi connectivity index (χ3v) is 3.63. The number of para-hydroxylation sites is 2. The molecule has 0 unspecified atom stereocenters. The molecule has 0 saturated carbocycles. The van der Waals surface area contributed by atoms with Crippen LogP contribution in [0.3, 0.4) is 0 Å². The number of rotatable bonds is 4. The summed E-state index contributed by atoms with van der Waals surface area (Å²) in [7, 11) is 0. The Kier molecular flexibility index (Phi) is 4.08. The largest absolute Gasteiger partial charge is 0.388 e. The van der Waals surface area contributed by atoms with E-state index in [4.69, 9.17) is 0 Å². The molecule has 0 bridgehead atoms. The summed E-state index contributed by atoms with van der Waals surface area (Å²) in [5.41, 5.74) is 2.40. The van der Waals surface area contributed by atoms with E-state index in [1.807, 2.05) is 24.3 Å². The van der Waals surface area contributed by atoms with Gasteiger partial charge in [-0.1, -0.05) is 18.2 Å². The average molecular weight is 313 g/mol. The quantitative estimate of drug-likeness (QED) is 0.778. The monoisotopic (exact) mass is 313 g/mol. The number of hydrogen-bond donors (Lipinski definition) is 2. The number of aromatic nitrogens is 2. The predicted octanol–water partition coefficient (Wildman–Crippen LogP) is 2.61. The van der Waals surface area contributed by atoms with Gasteiger partial charge in [0.15, 0.2) is 0 Å². The predicted molar refractivity (Wildman–Crippen MR) is 85.4 cm³/mol. The van der Waals surface area contributed by atoms with E-state index in [1.54, 1.807) is 23.6 Å². The summed E-state index contributed by atoms with van der Waals surface area (Å²) in [4.78, 5) is 16.5. The zero-order valence-corrected chi connectivity index (χ0v) is 12.6. The molecule has 118 valence electrons. The number of aryl methyl sites for hydroxylation is 1. The Morgan fingerprint density at radius 2 is 2.09 bits per heavy atom. The molecule has 23 heavy (non-hydrogen) atoms. The van der Waals surface area contributed by atoms with Gasteiger partial charge in [-0.05, 0) is 36.8 Å². The lowest BCUT2D eigenvalue weighted by Gasteiger charge is -2.09. The number of halogens is 1. The highest BCUT2D eigenvalue weighted by molar-refractivity contribution is 5.91. The Balaban J connectivity index is 1.83. The Bertz CT molecular complexity index is 873. The van der Waals surface area contributed by atoms with E-state index in [0.717, 1.165) is 5.52 Å². The Morgan fingerprint density at radius 1 is 1.30 bits per heavy atom. The number of amides is 1. The second-order valence-corrected chi connectivity index (χ2v) is 5.27. The number of carbonyl (C=O) groups excluding carboxylic acids is 1. The fraction of sp³-hybridized carbons (Fsp3) is 0.176. The van der Waals surface area contributed by atoms with Crippen LogP contribution in [0.4, 0.5) is 10.1 Å². The van der Waals surface area contributed by atoms with E-state index in [1.165, 1.54) is 6.07 Å². The van der Waals surface area contributed by atoms with Gasteiger partial charge in [-0.25, -0.2) is 9.37 Å². The van der Waals surface area contributed by atoms with Crippen LogP contribution in [0.25, 0.3) is 11.0 Å². The number of benzene rings is 2. The van der Waals surface area contributed by atoms with Crippen molar-refractivity contribution in [1.82, 2.24) is 9.55 Å². The van der Waals surface area contributed by atoms with Gasteiger partial charge in [-0.3, -0.25) is 4.79 Å². The fourth-order valence-electron chi connectivity index (χ4n) is 2.44. The molecule has 2 N–H and O–H groups in total. The molecule has 5 nitrogen and oxygen atoms in total. The third kappa shape index (κ3) is 3.07. The summed E-state index contributed by atoms with van der Waals surface area (Å²) in [5, 5.41) is 12.1. The number of anilines is 1. The van der Waals surface area contributed by atoms with Gasteiger partial charge in [-0.15, -0.1) is 0 Å². The second-order valence-electron chi connectivity index (χ2n) is 5.27. The summed E-state index contributed by atoms with van der Waals surface area (Å²) in [6, 6.07) is 11.9. The smallest absolute Gasteiger partial charge is 0.244 e. The maximum Gasteiger partial charge on any atom is 0.244 e. The Morgan fingerprint density at radius 3 is 2.83 bits per heavy atom. The number of imidazole rings is 1. The standard InChI is InChI=1S/C17H16FN3O2/c1-11-6-7-12(8-13(11)18)19-17(23)9-21-15-5-3-2-4-14(15)20-16(21)10-22/h2-8,22H,9-10H2,1H3,(H,19,23). The van der Waals surface area contributed by atoms with Crippen LogP contribution in [0.1, 0.15) is 11.4 Å². The highest BCUT2D eigenvalue weighted by Gasteiger charge is 2.13. The van der Waals surface area contributed by atoms with Gasteiger partial charge in [0.1, 0.15) is 24.8 Å². The topological polar surface area (TPSA) is 67.2 Å². The first kappa shape index (κ1) is 15.2. The van der Waals surface area contributed by atoms with Gasteiger partial charge in [0.2, 0.25) is 5.91 Å². The molecule has 0 radical (unpaired) electrons. The lowest BCUT2D eigenvalue weighted by atomic mass is 10.2.